The molecule has 96 valence electrons. The molecule has 1 saturated heterocycles. The van der Waals surface area contributed by atoms with Gasteiger partial charge in [-0.2, -0.15) is 0 Å². The van der Waals surface area contributed by atoms with Crippen LogP contribution in [0.1, 0.15) is 19.8 Å². The number of hydrogen-bond acceptors (Lipinski definition) is 4. The highest BCUT2D eigenvalue weighted by Crippen LogP contribution is 2.04. The second-order valence-corrected chi connectivity index (χ2v) is 6.22. The van der Waals surface area contributed by atoms with E-state index in [0.717, 1.165) is 0 Å². The summed E-state index contributed by atoms with van der Waals surface area (Å²) in [6.45, 7) is 2.69. The lowest BCUT2D eigenvalue weighted by Crippen LogP contribution is -2.47. The number of sulfone groups is 1. The Bertz CT molecular complexity index is 420. The van der Waals surface area contributed by atoms with Crippen molar-refractivity contribution < 1.29 is 13.2 Å². The number of nitrogens with one attached hydrogen (secondary N) is 2. The maximum Gasteiger partial charge on any atom is 0.221 e. The van der Waals surface area contributed by atoms with Gasteiger partial charge in [-0.3, -0.25) is 4.79 Å². The number of hydrogen-bond donors (Lipinski definition) is 2. The molecule has 1 atom stereocenters. The standard InChI is InChI=1S/C11H18N2O3S/c1-2-3-4-5-13-11(14)8-10-9-17(15,16)7-6-12-10/h10,12H,4-9H2,1H3,(H,13,14). The molecular weight excluding hydrogens is 240 g/mol. The van der Waals surface area contributed by atoms with Gasteiger partial charge in [0.25, 0.3) is 0 Å². The Labute approximate surface area is 102 Å². The predicted octanol–water partition coefficient (Wildman–Crippen LogP) is -0.707. The Morgan fingerprint density at radius 2 is 2.29 bits per heavy atom. The van der Waals surface area contributed by atoms with Crippen molar-refractivity contribution in [1.82, 2.24) is 10.6 Å². The third-order valence-corrected chi connectivity index (χ3v) is 4.22. The molecule has 17 heavy (non-hydrogen) atoms. The van der Waals surface area contributed by atoms with Gasteiger partial charge in [-0.1, -0.05) is 0 Å². The van der Waals surface area contributed by atoms with Crippen molar-refractivity contribution in [2.45, 2.75) is 25.8 Å². The second kappa shape index (κ2) is 6.62. The number of amides is 1. The Balaban J connectivity index is 2.28. The average molecular weight is 258 g/mol. The quantitative estimate of drug-likeness (QED) is 0.516. The van der Waals surface area contributed by atoms with E-state index in [1.54, 1.807) is 6.92 Å². The van der Waals surface area contributed by atoms with Crippen molar-refractivity contribution in [3.05, 3.63) is 0 Å². The van der Waals surface area contributed by atoms with E-state index in [-0.39, 0.29) is 29.9 Å². The van der Waals surface area contributed by atoms with Crippen LogP contribution in [0.5, 0.6) is 0 Å². The first-order chi connectivity index (χ1) is 8.03. The topological polar surface area (TPSA) is 75.3 Å². The minimum Gasteiger partial charge on any atom is -0.355 e. The van der Waals surface area contributed by atoms with Gasteiger partial charge in [0.15, 0.2) is 9.84 Å². The molecule has 0 aromatic rings. The molecule has 1 aliphatic heterocycles. The summed E-state index contributed by atoms with van der Waals surface area (Å²) in [6.07, 6.45) is 0.831. The van der Waals surface area contributed by atoms with Gasteiger partial charge in [0.1, 0.15) is 0 Å². The maximum absolute atomic E-state index is 11.5. The molecule has 6 heteroatoms. The van der Waals surface area contributed by atoms with E-state index in [2.05, 4.69) is 22.5 Å². The van der Waals surface area contributed by atoms with Crippen molar-refractivity contribution in [3.8, 4) is 11.8 Å². The predicted molar refractivity (Wildman–Crippen MR) is 66.1 cm³/mol. The molecule has 0 bridgehead atoms. The monoisotopic (exact) mass is 258 g/mol. The molecule has 0 aromatic heterocycles. The third-order valence-electron chi connectivity index (χ3n) is 2.48. The van der Waals surface area contributed by atoms with Crippen molar-refractivity contribution in [2.75, 3.05) is 24.6 Å². The van der Waals surface area contributed by atoms with Crippen molar-refractivity contribution in [3.63, 3.8) is 0 Å². The molecule has 1 amide bonds. The second-order valence-electron chi connectivity index (χ2n) is 4.00. The van der Waals surface area contributed by atoms with Crippen LogP contribution in [0.3, 0.4) is 0 Å². The minimum absolute atomic E-state index is 0.0508. The fourth-order valence-corrected chi connectivity index (χ4v) is 3.13. The van der Waals surface area contributed by atoms with Gasteiger partial charge in [0, 0.05) is 32.0 Å². The van der Waals surface area contributed by atoms with E-state index in [1.807, 2.05) is 0 Å². The Morgan fingerprint density at radius 1 is 1.53 bits per heavy atom. The van der Waals surface area contributed by atoms with E-state index in [9.17, 15) is 13.2 Å². The van der Waals surface area contributed by atoms with E-state index >= 15 is 0 Å². The molecule has 0 aliphatic carbocycles. The van der Waals surface area contributed by atoms with Gasteiger partial charge in [-0.25, -0.2) is 8.42 Å². The molecule has 0 spiro atoms. The molecule has 1 unspecified atom stereocenters. The molecule has 1 heterocycles. The van der Waals surface area contributed by atoms with Crippen molar-refractivity contribution in [1.29, 1.82) is 0 Å². The summed E-state index contributed by atoms with van der Waals surface area (Å²) in [5, 5.41) is 5.76. The Kier molecular flexibility index (Phi) is 5.45. The summed E-state index contributed by atoms with van der Waals surface area (Å²) < 4.78 is 22.7. The third kappa shape index (κ3) is 5.71. The average Bonchev–Trinajstić information content (AvgIpc) is 2.23. The van der Waals surface area contributed by atoms with E-state index in [4.69, 9.17) is 0 Å². The fourth-order valence-electron chi connectivity index (χ4n) is 1.68. The highest BCUT2D eigenvalue weighted by molar-refractivity contribution is 7.91. The van der Waals surface area contributed by atoms with Crippen LogP contribution >= 0.6 is 0 Å². The van der Waals surface area contributed by atoms with Crippen molar-refractivity contribution in [2.24, 2.45) is 0 Å². The normalized spacial score (nSPS) is 22.3. The molecule has 1 aliphatic rings. The summed E-state index contributed by atoms with van der Waals surface area (Å²) in [6, 6.07) is -0.258. The van der Waals surface area contributed by atoms with Gasteiger partial charge in [0.05, 0.1) is 11.5 Å². The van der Waals surface area contributed by atoms with Gasteiger partial charge < -0.3 is 10.6 Å². The van der Waals surface area contributed by atoms with E-state index in [0.29, 0.717) is 19.5 Å². The van der Waals surface area contributed by atoms with Crippen molar-refractivity contribution >= 4 is 15.7 Å². The highest BCUT2D eigenvalue weighted by atomic mass is 32.2. The Hall–Kier alpha value is -1.06. The summed E-state index contributed by atoms with van der Waals surface area (Å²) in [5.74, 6) is 5.67. The Morgan fingerprint density at radius 3 is 2.94 bits per heavy atom. The lowest BCUT2D eigenvalue weighted by molar-refractivity contribution is -0.121. The van der Waals surface area contributed by atoms with Crippen LogP contribution in [0.2, 0.25) is 0 Å². The summed E-state index contributed by atoms with van der Waals surface area (Å²) in [5.41, 5.74) is 0. The number of carbonyl (C=O) groups excluding carboxylic acids is 1. The first-order valence-electron chi connectivity index (χ1n) is 5.63. The SMILES string of the molecule is CC#CCCNC(=O)CC1CS(=O)(=O)CCN1. The van der Waals surface area contributed by atoms with Crippen LogP contribution in [0, 0.1) is 11.8 Å². The largest absolute Gasteiger partial charge is 0.355 e. The summed E-state index contributed by atoms with van der Waals surface area (Å²) in [4.78, 5) is 11.5. The molecule has 1 rings (SSSR count). The maximum atomic E-state index is 11.5. The highest BCUT2D eigenvalue weighted by Gasteiger charge is 2.25. The van der Waals surface area contributed by atoms with Gasteiger partial charge in [-0.05, 0) is 6.92 Å². The molecule has 5 nitrogen and oxygen atoms in total. The molecule has 0 saturated carbocycles. The zero-order valence-corrected chi connectivity index (χ0v) is 10.8. The smallest absolute Gasteiger partial charge is 0.221 e. The first kappa shape index (κ1) is 14.0. The van der Waals surface area contributed by atoms with Crippen LogP contribution in [0.25, 0.3) is 0 Å². The van der Waals surface area contributed by atoms with Crippen LogP contribution in [0.4, 0.5) is 0 Å². The molecule has 0 radical (unpaired) electrons. The lowest BCUT2D eigenvalue weighted by Gasteiger charge is -2.22. The number of carbonyl (C=O) groups is 1. The minimum atomic E-state index is -2.97. The first-order valence-corrected chi connectivity index (χ1v) is 7.46. The summed E-state index contributed by atoms with van der Waals surface area (Å²) in [7, 11) is -2.97. The molecule has 0 aromatic carbocycles. The van der Waals surface area contributed by atoms with Gasteiger partial charge in [0.2, 0.25) is 5.91 Å². The zero-order chi connectivity index (χ0) is 12.7. The fraction of sp³-hybridized carbons (Fsp3) is 0.727. The summed E-state index contributed by atoms with van der Waals surface area (Å²) >= 11 is 0. The van der Waals surface area contributed by atoms with Crippen LogP contribution in [0.15, 0.2) is 0 Å². The van der Waals surface area contributed by atoms with E-state index < -0.39 is 9.84 Å². The molecule has 2 N–H and O–H groups in total. The van der Waals surface area contributed by atoms with Gasteiger partial charge >= 0.3 is 0 Å². The van der Waals surface area contributed by atoms with Crippen LogP contribution in [-0.4, -0.2) is 45.0 Å². The van der Waals surface area contributed by atoms with Gasteiger partial charge in [-0.15, -0.1) is 11.8 Å². The van der Waals surface area contributed by atoms with Crippen LogP contribution in [-0.2, 0) is 14.6 Å². The zero-order valence-electron chi connectivity index (χ0n) is 9.95. The molecular formula is C11H18N2O3S. The van der Waals surface area contributed by atoms with Crippen LogP contribution < -0.4 is 10.6 Å². The molecule has 1 fully saturated rings. The van der Waals surface area contributed by atoms with E-state index in [1.165, 1.54) is 0 Å². The number of rotatable bonds is 4. The lowest BCUT2D eigenvalue weighted by atomic mass is 10.2.